The van der Waals surface area contributed by atoms with Crippen LogP contribution in [0.4, 0.5) is 0 Å². The minimum Gasteiger partial charge on any atom is -0.377 e. The minimum absolute atomic E-state index is 0.0690. The molecule has 124 valence electrons. The van der Waals surface area contributed by atoms with Gasteiger partial charge in [-0.2, -0.15) is 5.26 Å². The van der Waals surface area contributed by atoms with Crippen LogP contribution in [0, 0.1) is 22.7 Å². The molecule has 1 fully saturated rings. The van der Waals surface area contributed by atoms with E-state index < -0.39 is 11.9 Å². The number of nitrogens with two attached hydrogens (primary N) is 1. The zero-order valence-electron chi connectivity index (χ0n) is 14.0. The van der Waals surface area contributed by atoms with E-state index in [-0.39, 0.29) is 11.5 Å². The lowest BCUT2D eigenvalue weighted by molar-refractivity contribution is -0.120. The van der Waals surface area contributed by atoms with Crippen molar-refractivity contribution in [1.82, 2.24) is 5.32 Å². The largest absolute Gasteiger partial charge is 0.377 e. The molecule has 0 unspecified atom stereocenters. The Kier molecular flexibility index (Phi) is 5.40. The van der Waals surface area contributed by atoms with E-state index >= 15 is 0 Å². The van der Waals surface area contributed by atoms with Gasteiger partial charge in [-0.3, -0.25) is 4.79 Å². The molecule has 1 aliphatic heterocycles. The van der Waals surface area contributed by atoms with Gasteiger partial charge in [0, 0.05) is 19.1 Å². The van der Waals surface area contributed by atoms with Gasteiger partial charge in [0.25, 0.3) is 0 Å². The first-order valence-electron chi connectivity index (χ1n) is 7.97. The molecule has 0 saturated carbocycles. The van der Waals surface area contributed by atoms with Crippen LogP contribution < -0.4 is 11.1 Å². The second-order valence-corrected chi connectivity index (χ2v) is 7.18. The molecule has 1 heterocycles. The zero-order valence-corrected chi connectivity index (χ0v) is 14.0. The lowest BCUT2D eigenvalue weighted by Crippen LogP contribution is -2.41. The molecule has 1 aromatic carbocycles. The molecular weight excluding hydrogens is 290 g/mol. The third-order valence-corrected chi connectivity index (χ3v) is 4.31. The van der Waals surface area contributed by atoms with Crippen molar-refractivity contribution in [3.8, 4) is 6.07 Å². The average Bonchev–Trinajstić information content (AvgIpc) is 2.96. The van der Waals surface area contributed by atoms with Crippen LogP contribution in [0.3, 0.4) is 0 Å². The summed E-state index contributed by atoms with van der Waals surface area (Å²) in [5.41, 5.74) is 6.96. The summed E-state index contributed by atoms with van der Waals surface area (Å²) >= 11 is 0. The van der Waals surface area contributed by atoms with Crippen molar-refractivity contribution in [3.63, 3.8) is 0 Å². The van der Waals surface area contributed by atoms with Crippen LogP contribution in [-0.2, 0) is 9.53 Å². The Morgan fingerprint density at radius 1 is 1.43 bits per heavy atom. The fraction of sp³-hybridized carbons (Fsp3) is 0.556. The fourth-order valence-corrected chi connectivity index (χ4v) is 3.20. The Hall–Kier alpha value is -1.90. The molecule has 0 aliphatic carbocycles. The monoisotopic (exact) mass is 315 g/mol. The van der Waals surface area contributed by atoms with Gasteiger partial charge in [-0.05, 0) is 29.5 Å². The molecule has 3 atom stereocenters. The highest BCUT2D eigenvalue weighted by molar-refractivity contribution is 5.81. The van der Waals surface area contributed by atoms with Gasteiger partial charge in [0.1, 0.15) is 6.04 Å². The maximum absolute atomic E-state index is 11.8. The number of ether oxygens (including phenoxy) is 1. The fourth-order valence-electron chi connectivity index (χ4n) is 3.20. The predicted octanol–water partition coefficient (Wildman–Crippen LogP) is 2.13. The van der Waals surface area contributed by atoms with Crippen molar-refractivity contribution in [2.45, 2.75) is 39.3 Å². The summed E-state index contributed by atoms with van der Waals surface area (Å²) in [6.45, 7) is 7.94. The minimum atomic E-state index is -0.552. The summed E-state index contributed by atoms with van der Waals surface area (Å²) in [4.78, 5) is 11.8. The highest BCUT2D eigenvalue weighted by atomic mass is 16.5. The SMILES string of the molecule is CC(C)(C)[C@H]1OCC[C@@H]1CN[C@@H](C(N)=O)c1ccc(C#N)cc1. The number of carbonyl (C=O) groups is 1. The molecule has 1 aliphatic rings. The zero-order chi connectivity index (χ0) is 17.0. The predicted molar refractivity (Wildman–Crippen MR) is 88.4 cm³/mol. The topological polar surface area (TPSA) is 88.1 Å². The van der Waals surface area contributed by atoms with Gasteiger partial charge in [0.05, 0.1) is 17.7 Å². The smallest absolute Gasteiger partial charge is 0.239 e. The lowest BCUT2D eigenvalue weighted by atomic mass is 9.81. The number of rotatable bonds is 5. The molecule has 0 bridgehead atoms. The Morgan fingerprint density at radius 3 is 2.61 bits per heavy atom. The van der Waals surface area contributed by atoms with Gasteiger partial charge >= 0.3 is 0 Å². The van der Waals surface area contributed by atoms with Crippen LogP contribution in [0.2, 0.25) is 0 Å². The van der Waals surface area contributed by atoms with Crippen molar-refractivity contribution in [2.24, 2.45) is 17.1 Å². The van der Waals surface area contributed by atoms with E-state index in [1.807, 2.05) is 0 Å². The number of carbonyl (C=O) groups excluding carboxylic acids is 1. The maximum Gasteiger partial charge on any atom is 0.239 e. The third-order valence-electron chi connectivity index (χ3n) is 4.31. The number of primary amides is 1. The molecule has 0 aromatic heterocycles. The van der Waals surface area contributed by atoms with Crippen LogP contribution in [0.1, 0.15) is 44.4 Å². The standard InChI is InChI=1S/C18H25N3O2/c1-18(2,3)16-14(8-9-23-16)11-21-15(17(20)22)13-6-4-12(10-19)5-7-13/h4-7,14-16,21H,8-9,11H2,1-3H3,(H2,20,22)/t14-,15-,16+/m1/s1. The van der Waals surface area contributed by atoms with E-state index in [1.54, 1.807) is 24.3 Å². The molecule has 2 rings (SSSR count). The molecule has 5 heteroatoms. The number of hydrogen-bond acceptors (Lipinski definition) is 4. The normalized spacial score (nSPS) is 22.5. The first-order chi connectivity index (χ1) is 10.8. The molecule has 3 N–H and O–H groups in total. The van der Waals surface area contributed by atoms with E-state index in [0.29, 0.717) is 18.0 Å². The van der Waals surface area contributed by atoms with Gasteiger partial charge in [-0.1, -0.05) is 32.9 Å². The first-order valence-corrected chi connectivity index (χ1v) is 7.97. The van der Waals surface area contributed by atoms with Crippen LogP contribution >= 0.6 is 0 Å². The molecule has 1 saturated heterocycles. The Balaban J connectivity index is 2.05. The molecule has 5 nitrogen and oxygen atoms in total. The number of nitrogens with zero attached hydrogens (tertiary/aromatic N) is 1. The lowest BCUT2D eigenvalue weighted by Gasteiger charge is -2.32. The number of amides is 1. The second kappa shape index (κ2) is 7.12. The molecular formula is C18H25N3O2. The molecule has 1 amide bonds. The number of hydrogen-bond donors (Lipinski definition) is 2. The van der Waals surface area contributed by atoms with Crippen molar-refractivity contribution in [3.05, 3.63) is 35.4 Å². The van der Waals surface area contributed by atoms with Crippen LogP contribution in [0.5, 0.6) is 0 Å². The van der Waals surface area contributed by atoms with Crippen molar-refractivity contribution < 1.29 is 9.53 Å². The van der Waals surface area contributed by atoms with E-state index in [4.69, 9.17) is 15.7 Å². The Labute approximate surface area is 137 Å². The van der Waals surface area contributed by atoms with Crippen molar-refractivity contribution in [1.29, 1.82) is 5.26 Å². The van der Waals surface area contributed by atoms with E-state index in [1.165, 1.54) is 0 Å². The molecule has 23 heavy (non-hydrogen) atoms. The van der Waals surface area contributed by atoms with Crippen LogP contribution in [-0.4, -0.2) is 25.2 Å². The average molecular weight is 315 g/mol. The quantitative estimate of drug-likeness (QED) is 0.871. The summed E-state index contributed by atoms with van der Waals surface area (Å²) in [6.07, 6.45) is 1.15. The molecule has 0 spiro atoms. The summed E-state index contributed by atoms with van der Waals surface area (Å²) in [6, 6.07) is 8.45. The van der Waals surface area contributed by atoms with Gasteiger partial charge in [-0.25, -0.2) is 0 Å². The summed E-state index contributed by atoms with van der Waals surface area (Å²) in [5, 5.41) is 12.1. The van der Waals surface area contributed by atoms with Crippen LogP contribution in [0.25, 0.3) is 0 Å². The molecule has 1 aromatic rings. The van der Waals surface area contributed by atoms with E-state index in [2.05, 4.69) is 32.2 Å². The second-order valence-electron chi connectivity index (χ2n) is 7.18. The first kappa shape index (κ1) is 17.5. The van der Waals surface area contributed by atoms with Gasteiger partial charge < -0.3 is 15.8 Å². The van der Waals surface area contributed by atoms with E-state index in [0.717, 1.165) is 18.6 Å². The highest BCUT2D eigenvalue weighted by Gasteiger charge is 2.37. The van der Waals surface area contributed by atoms with Gasteiger partial charge in [0.2, 0.25) is 5.91 Å². The number of nitrogens with one attached hydrogen (secondary N) is 1. The number of benzene rings is 1. The summed E-state index contributed by atoms with van der Waals surface area (Å²) < 4.78 is 5.87. The van der Waals surface area contributed by atoms with Crippen molar-refractivity contribution in [2.75, 3.05) is 13.2 Å². The maximum atomic E-state index is 11.8. The van der Waals surface area contributed by atoms with Gasteiger partial charge in [0.15, 0.2) is 0 Å². The van der Waals surface area contributed by atoms with Gasteiger partial charge in [-0.15, -0.1) is 0 Å². The molecule has 0 radical (unpaired) electrons. The van der Waals surface area contributed by atoms with E-state index in [9.17, 15) is 4.79 Å². The van der Waals surface area contributed by atoms with Crippen molar-refractivity contribution >= 4 is 5.91 Å². The Morgan fingerprint density at radius 2 is 2.09 bits per heavy atom. The number of nitriles is 1. The van der Waals surface area contributed by atoms with Crippen LogP contribution in [0.15, 0.2) is 24.3 Å². The summed E-state index contributed by atoms with van der Waals surface area (Å²) in [7, 11) is 0. The third kappa shape index (κ3) is 4.31. The summed E-state index contributed by atoms with van der Waals surface area (Å²) in [5.74, 6) is -0.0591. The highest BCUT2D eigenvalue weighted by Crippen LogP contribution is 2.34. The Bertz CT molecular complexity index is 584.